The lowest BCUT2D eigenvalue weighted by atomic mass is 10.0. The van der Waals surface area contributed by atoms with Crippen LogP contribution < -0.4 is 16.4 Å². The molecule has 16 heteroatoms. The van der Waals surface area contributed by atoms with Crippen LogP contribution in [-0.2, 0) is 17.5 Å². The number of hydrogen-bond donors (Lipinski definition) is 3. The monoisotopic (exact) mass is 625 g/mol. The third kappa shape index (κ3) is 6.89. The van der Waals surface area contributed by atoms with Crippen LogP contribution in [0, 0.1) is 12.7 Å². The largest absolute Gasteiger partial charge is 0.419 e. The molecule has 1 aliphatic carbocycles. The number of carbonyl (C=O) groups is 2. The SMILES string of the molecule is C=C(C(=O)NC1(C(N)=S)CC1)/C(Cl)=C\c1c(C)nc(C(=O)NC(c2ccc(F)c(C(F)(F)F)c2)C(F)(F)F)n1CC. The first-order chi connectivity index (χ1) is 18.8. The number of amides is 2. The predicted octanol–water partition coefficient (Wildman–Crippen LogP) is 5.47. The van der Waals surface area contributed by atoms with Crippen LogP contribution in [0.15, 0.2) is 35.4 Å². The maximum absolute atomic E-state index is 13.9. The van der Waals surface area contributed by atoms with E-state index < -0.39 is 58.5 Å². The lowest BCUT2D eigenvalue weighted by Crippen LogP contribution is -2.46. The van der Waals surface area contributed by atoms with E-state index in [-0.39, 0.29) is 45.7 Å². The summed E-state index contributed by atoms with van der Waals surface area (Å²) >= 11 is 11.2. The number of rotatable bonds is 9. The van der Waals surface area contributed by atoms with Crippen molar-refractivity contribution >= 4 is 46.7 Å². The van der Waals surface area contributed by atoms with Crippen LogP contribution in [0.1, 0.15) is 58.9 Å². The van der Waals surface area contributed by atoms with E-state index in [4.69, 9.17) is 29.6 Å². The van der Waals surface area contributed by atoms with Gasteiger partial charge in [-0.2, -0.15) is 26.3 Å². The molecule has 222 valence electrons. The van der Waals surface area contributed by atoms with Gasteiger partial charge in [0.25, 0.3) is 11.8 Å². The second kappa shape index (κ2) is 11.4. The minimum Gasteiger partial charge on any atom is -0.391 e. The number of hydrogen-bond acceptors (Lipinski definition) is 4. The van der Waals surface area contributed by atoms with Gasteiger partial charge in [-0.05, 0) is 50.5 Å². The zero-order valence-electron chi connectivity index (χ0n) is 21.4. The number of carbonyl (C=O) groups excluding carboxylic acids is 2. The highest BCUT2D eigenvalue weighted by molar-refractivity contribution is 7.80. The standard InChI is InChI=1S/C25H23ClF7N5O2S/c1-4-38-17(10-15(26)11(2)20(39)37-23(7-8-23)22(34)41)12(3)35-19(38)21(40)36-18(25(31,32)33)13-5-6-16(27)14(9-13)24(28,29)30/h5-6,9-10,18H,2,4,7-8H2,1,3H3,(H2,34,41)(H,36,40)(H,37,39)/b15-10+. The first-order valence-electron chi connectivity index (χ1n) is 11.8. The molecule has 1 aliphatic rings. The van der Waals surface area contributed by atoms with Crippen molar-refractivity contribution in [2.24, 2.45) is 5.73 Å². The second-order valence-corrected chi connectivity index (χ2v) is 10.1. The van der Waals surface area contributed by atoms with E-state index in [9.17, 15) is 40.3 Å². The van der Waals surface area contributed by atoms with Crippen molar-refractivity contribution in [1.82, 2.24) is 20.2 Å². The Balaban J connectivity index is 1.92. The number of nitrogens with zero attached hydrogens (tertiary/aromatic N) is 2. The minimum atomic E-state index is -5.27. The Labute approximate surface area is 239 Å². The third-order valence-corrected chi connectivity index (χ3v) is 7.07. The van der Waals surface area contributed by atoms with E-state index >= 15 is 0 Å². The number of nitrogens with two attached hydrogens (primary N) is 1. The molecule has 2 amide bonds. The van der Waals surface area contributed by atoms with Gasteiger partial charge in [-0.15, -0.1) is 0 Å². The quantitative estimate of drug-likeness (QED) is 0.148. The highest BCUT2D eigenvalue weighted by Gasteiger charge is 2.47. The molecule has 1 unspecified atom stereocenters. The maximum Gasteiger partial charge on any atom is 0.419 e. The summed E-state index contributed by atoms with van der Waals surface area (Å²) in [5.41, 5.74) is 1.96. The summed E-state index contributed by atoms with van der Waals surface area (Å²) in [6.45, 7) is 6.60. The van der Waals surface area contributed by atoms with Crippen molar-refractivity contribution in [3.05, 3.63) is 69.5 Å². The molecule has 1 fully saturated rings. The second-order valence-electron chi connectivity index (χ2n) is 9.21. The molecular weight excluding hydrogens is 603 g/mol. The normalized spacial score (nSPS) is 15.7. The molecule has 1 saturated carbocycles. The molecule has 1 aromatic carbocycles. The van der Waals surface area contributed by atoms with Crippen LogP contribution in [0.4, 0.5) is 30.7 Å². The van der Waals surface area contributed by atoms with E-state index in [1.54, 1.807) is 12.2 Å². The highest BCUT2D eigenvalue weighted by Crippen LogP contribution is 2.38. The van der Waals surface area contributed by atoms with Crippen LogP contribution >= 0.6 is 23.8 Å². The molecule has 7 nitrogen and oxygen atoms in total. The van der Waals surface area contributed by atoms with E-state index in [1.807, 2.05) is 0 Å². The fourth-order valence-corrected chi connectivity index (χ4v) is 4.36. The molecule has 1 heterocycles. The fourth-order valence-electron chi connectivity index (χ4n) is 3.92. The van der Waals surface area contributed by atoms with Crippen molar-refractivity contribution in [3.8, 4) is 0 Å². The van der Waals surface area contributed by atoms with Crippen LogP contribution in [0.2, 0.25) is 0 Å². The number of nitrogens with one attached hydrogen (secondary N) is 2. The van der Waals surface area contributed by atoms with Gasteiger partial charge in [0.1, 0.15) is 5.82 Å². The van der Waals surface area contributed by atoms with Gasteiger partial charge in [0.15, 0.2) is 11.9 Å². The average Bonchev–Trinajstić information content (AvgIpc) is 3.58. The molecule has 0 saturated heterocycles. The maximum atomic E-state index is 13.9. The van der Waals surface area contributed by atoms with Gasteiger partial charge in [0, 0.05) is 6.54 Å². The Kier molecular flexibility index (Phi) is 8.94. The van der Waals surface area contributed by atoms with Gasteiger partial charge in [-0.3, -0.25) is 9.59 Å². The molecule has 1 atom stereocenters. The lowest BCUT2D eigenvalue weighted by Gasteiger charge is -2.23. The molecule has 4 N–H and O–H groups in total. The summed E-state index contributed by atoms with van der Waals surface area (Å²) in [5.74, 6) is -4.34. The molecule has 2 aromatic rings. The van der Waals surface area contributed by atoms with Crippen molar-refractivity contribution < 1.29 is 40.3 Å². The number of aromatic nitrogens is 2. The Morgan fingerprint density at radius 1 is 1.27 bits per heavy atom. The van der Waals surface area contributed by atoms with Gasteiger partial charge < -0.3 is 20.9 Å². The van der Waals surface area contributed by atoms with Crippen LogP contribution in [-0.4, -0.2) is 38.1 Å². The summed E-state index contributed by atoms with van der Waals surface area (Å²) < 4.78 is 95.8. The smallest absolute Gasteiger partial charge is 0.391 e. The van der Waals surface area contributed by atoms with Gasteiger partial charge in [0.2, 0.25) is 0 Å². The van der Waals surface area contributed by atoms with Gasteiger partial charge in [-0.25, -0.2) is 9.37 Å². The molecule has 0 spiro atoms. The summed E-state index contributed by atoms with van der Waals surface area (Å²) in [4.78, 5) is 29.7. The molecule has 1 aromatic heterocycles. The Morgan fingerprint density at radius 3 is 2.37 bits per heavy atom. The summed E-state index contributed by atoms with van der Waals surface area (Å²) in [5, 5.41) is 4.12. The van der Waals surface area contributed by atoms with Gasteiger partial charge in [-0.1, -0.05) is 36.5 Å². The Morgan fingerprint density at radius 2 is 1.88 bits per heavy atom. The van der Waals surface area contributed by atoms with E-state index in [0.717, 1.165) is 0 Å². The highest BCUT2D eigenvalue weighted by atomic mass is 35.5. The number of imidazole rings is 1. The fraction of sp³-hybridized carbons (Fsp3) is 0.360. The van der Waals surface area contributed by atoms with Crippen LogP contribution in [0.5, 0.6) is 0 Å². The number of aryl methyl sites for hydroxylation is 1. The zero-order chi connectivity index (χ0) is 31.1. The van der Waals surface area contributed by atoms with Crippen LogP contribution in [0.3, 0.4) is 0 Å². The zero-order valence-corrected chi connectivity index (χ0v) is 23.0. The van der Waals surface area contributed by atoms with Gasteiger partial charge >= 0.3 is 12.4 Å². The Bertz CT molecular complexity index is 1440. The number of alkyl halides is 6. The molecule has 41 heavy (non-hydrogen) atoms. The first-order valence-corrected chi connectivity index (χ1v) is 12.6. The third-order valence-electron chi connectivity index (χ3n) is 6.34. The van der Waals surface area contributed by atoms with E-state index in [1.165, 1.54) is 17.6 Å². The van der Waals surface area contributed by atoms with Crippen LogP contribution in [0.25, 0.3) is 6.08 Å². The molecule has 0 bridgehead atoms. The molecule has 0 aliphatic heterocycles. The van der Waals surface area contributed by atoms with Gasteiger partial charge in [0.05, 0.1) is 38.1 Å². The van der Waals surface area contributed by atoms with Crippen molar-refractivity contribution in [2.75, 3.05) is 0 Å². The topological polar surface area (TPSA) is 102 Å². The minimum absolute atomic E-state index is 0.00568. The van der Waals surface area contributed by atoms with E-state index in [2.05, 4.69) is 16.9 Å². The van der Waals surface area contributed by atoms with Crippen molar-refractivity contribution in [2.45, 2.75) is 57.2 Å². The summed E-state index contributed by atoms with van der Waals surface area (Å²) in [6, 6.07) is -2.21. The summed E-state index contributed by atoms with van der Waals surface area (Å²) in [7, 11) is 0. The molecular formula is C25H23ClF7N5O2S. The van der Waals surface area contributed by atoms with Crippen molar-refractivity contribution in [3.63, 3.8) is 0 Å². The summed E-state index contributed by atoms with van der Waals surface area (Å²) in [6.07, 6.45) is -8.21. The van der Waals surface area contributed by atoms with E-state index in [0.29, 0.717) is 18.9 Å². The number of thiocarbonyl (C=S) groups is 1. The first kappa shape index (κ1) is 32.1. The molecule has 3 rings (SSSR count). The number of halogens is 8. The predicted molar refractivity (Wildman–Crippen MR) is 140 cm³/mol. The lowest BCUT2D eigenvalue weighted by molar-refractivity contribution is -0.156. The number of benzene rings is 1. The average molecular weight is 626 g/mol. The van der Waals surface area contributed by atoms with Crippen molar-refractivity contribution in [1.29, 1.82) is 0 Å². The molecule has 0 radical (unpaired) electrons. The Hall–Kier alpha value is -3.46.